The first-order valence-corrected chi connectivity index (χ1v) is 12.2. The van der Waals surface area contributed by atoms with Crippen LogP contribution in [0.1, 0.15) is 40.7 Å². The molecule has 0 N–H and O–H groups in total. The number of hydrogen-bond acceptors (Lipinski definition) is 6. The number of thiocarbonyl (C=S) groups is 1. The normalized spacial score (nSPS) is 16.4. The van der Waals surface area contributed by atoms with Gasteiger partial charge in [-0.05, 0) is 72.9 Å². The molecule has 2 aromatic rings. The number of rotatable bonds is 6. The van der Waals surface area contributed by atoms with Crippen LogP contribution in [0.3, 0.4) is 0 Å². The molecule has 36 heavy (non-hydrogen) atoms. The summed E-state index contributed by atoms with van der Waals surface area (Å²) in [6, 6.07) is 12.6. The maximum absolute atomic E-state index is 12.7. The zero-order valence-electron chi connectivity index (χ0n) is 20.7. The quantitative estimate of drug-likeness (QED) is 0.338. The van der Waals surface area contributed by atoms with Crippen LogP contribution >= 0.6 is 12.2 Å². The molecule has 2 saturated heterocycles. The number of amides is 3. The fourth-order valence-electron chi connectivity index (χ4n) is 4.22. The van der Waals surface area contributed by atoms with Gasteiger partial charge in [-0.15, -0.1) is 0 Å². The molecule has 188 valence electrons. The standard InChI is InChI=1S/C27H29N3O5S/c1-28-25(32)21(26(33)29(2)27(28)36)15-19-9-12-22(23(16-19)34-3)35-17-18-7-10-20(11-8-18)24(31)30-13-5-4-6-14-30/h7-12,15-16H,4-6,13-14,17H2,1-3H3. The van der Waals surface area contributed by atoms with Crippen molar-refractivity contribution in [3.63, 3.8) is 0 Å². The molecule has 0 spiro atoms. The van der Waals surface area contributed by atoms with Crippen LogP contribution in [-0.2, 0) is 16.2 Å². The van der Waals surface area contributed by atoms with E-state index in [-0.39, 0.29) is 16.6 Å². The van der Waals surface area contributed by atoms with Crippen LogP contribution < -0.4 is 9.47 Å². The molecule has 2 heterocycles. The van der Waals surface area contributed by atoms with Gasteiger partial charge in [-0.3, -0.25) is 24.2 Å². The Hall–Kier alpha value is -3.72. The van der Waals surface area contributed by atoms with Gasteiger partial charge in [-0.25, -0.2) is 0 Å². The van der Waals surface area contributed by atoms with Gasteiger partial charge in [0.25, 0.3) is 17.7 Å². The summed E-state index contributed by atoms with van der Waals surface area (Å²) in [6.07, 6.45) is 4.82. The van der Waals surface area contributed by atoms with Crippen LogP contribution in [0.5, 0.6) is 11.5 Å². The van der Waals surface area contributed by atoms with Gasteiger partial charge >= 0.3 is 0 Å². The number of carbonyl (C=O) groups is 3. The lowest BCUT2D eigenvalue weighted by atomic mass is 10.1. The van der Waals surface area contributed by atoms with E-state index >= 15 is 0 Å². The maximum Gasteiger partial charge on any atom is 0.265 e. The molecule has 0 unspecified atom stereocenters. The molecular formula is C27H29N3O5S. The Bertz CT molecular complexity index is 1190. The molecule has 0 saturated carbocycles. The lowest BCUT2D eigenvalue weighted by molar-refractivity contribution is -0.132. The summed E-state index contributed by atoms with van der Waals surface area (Å²) in [5.41, 5.74) is 2.23. The summed E-state index contributed by atoms with van der Waals surface area (Å²) in [5, 5.41) is 0.160. The molecule has 2 aromatic carbocycles. The van der Waals surface area contributed by atoms with Crippen molar-refractivity contribution in [2.24, 2.45) is 0 Å². The van der Waals surface area contributed by atoms with Crippen molar-refractivity contribution >= 4 is 41.1 Å². The molecule has 4 rings (SSSR count). The molecule has 0 atom stereocenters. The molecule has 8 nitrogen and oxygen atoms in total. The van der Waals surface area contributed by atoms with E-state index in [2.05, 4.69) is 0 Å². The molecule has 0 bridgehead atoms. The molecule has 0 aliphatic carbocycles. The monoisotopic (exact) mass is 507 g/mol. The van der Waals surface area contributed by atoms with Crippen LogP contribution in [0.4, 0.5) is 0 Å². The van der Waals surface area contributed by atoms with Crippen LogP contribution in [0, 0.1) is 0 Å². The molecule has 3 amide bonds. The Morgan fingerprint density at radius 3 is 2.19 bits per heavy atom. The molecule has 2 aliphatic heterocycles. The lowest BCUT2D eigenvalue weighted by Crippen LogP contribution is -2.52. The highest BCUT2D eigenvalue weighted by Crippen LogP contribution is 2.30. The average Bonchev–Trinajstić information content (AvgIpc) is 2.92. The van der Waals surface area contributed by atoms with E-state index in [1.54, 1.807) is 18.2 Å². The molecule has 2 fully saturated rings. The number of hydrogen-bond donors (Lipinski definition) is 0. The van der Waals surface area contributed by atoms with Crippen LogP contribution in [0.25, 0.3) is 6.08 Å². The van der Waals surface area contributed by atoms with Gasteiger partial charge in [0, 0.05) is 32.7 Å². The van der Waals surface area contributed by atoms with Gasteiger partial charge in [-0.2, -0.15) is 0 Å². The Morgan fingerprint density at radius 1 is 0.944 bits per heavy atom. The van der Waals surface area contributed by atoms with E-state index in [1.165, 1.54) is 43.5 Å². The van der Waals surface area contributed by atoms with Gasteiger partial charge in [0.1, 0.15) is 12.2 Å². The molecular weight excluding hydrogens is 478 g/mol. The smallest absolute Gasteiger partial charge is 0.265 e. The number of piperidine rings is 1. The van der Waals surface area contributed by atoms with Crippen LogP contribution in [0.2, 0.25) is 0 Å². The highest BCUT2D eigenvalue weighted by Gasteiger charge is 2.35. The number of likely N-dealkylation sites (N-methyl/N-ethyl adjacent to an activating group) is 2. The number of ether oxygens (including phenoxy) is 2. The van der Waals surface area contributed by atoms with E-state index in [4.69, 9.17) is 21.7 Å². The van der Waals surface area contributed by atoms with Crippen molar-refractivity contribution in [1.29, 1.82) is 0 Å². The second-order valence-corrected chi connectivity index (χ2v) is 9.18. The van der Waals surface area contributed by atoms with E-state index in [0.717, 1.165) is 31.5 Å². The van der Waals surface area contributed by atoms with E-state index < -0.39 is 11.8 Å². The Kier molecular flexibility index (Phi) is 7.69. The summed E-state index contributed by atoms with van der Waals surface area (Å²) >= 11 is 5.13. The molecule has 0 aromatic heterocycles. The summed E-state index contributed by atoms with van der Waals surface area (Å²) in [5.74, 6) is 0.149. The minimum Gasteiger partial charge on any atom is -0.493 e. The first-order valence-electron chi connectivity index (χ1n) is 11.8. The summed E-state index contributed by atoms with van der Waals surface area (Å²) in [7, 11) is 4.60. The SMILES string of the molecule is COc1cc(C=C2C(=O)N(C)C(=S)N(C)C2=O)ccc1OCc1ccc(C(=O)N2CCCCC2)cc1. The zero-order valence-corrected chi connectivity index (χ0v) is 21.5. The fourth-order valence-corrected chi connectivity index (χ4v) is 4.38. The summed E-state index contributed by atoms with van der Waals surface area (Å²) < 4.78 is 11.4. The minimum atomic E-state index is -0.454. The van der Waals surface area contributed by atoms with Crippen molar-refractivity contribution < 1.29 is 23.9 Å². The van der Waals surface area contributed by atoms with Crippen molar-refractivity contribution in [2.75, 3.05) is 34.3 Å². The van der Waals surface area contributed by atoms with E-state index in [0.29, 0.717) is 29.2 Å². The Morgan fingerprint density at radius 2 is 1.58 bits per heavy atom. The Labute approximate surface area is 216 Å². The van der Waals surface area contributed by atoms with Gasteiger partial charge in [0.2, 0.25) is 0 Å². The van der Waals surface area contributed by atoms with E-state index in [1.807, 2.05) is 29.2 Å². The largest absolute Gasteiger partial charge is 0.493 e. The topological polar surface area (TPSA) is 79.4 Å². The van der Waals surface area contributed by atoms with Gasteiger partial charge < -0.3 is 14.4 Å². The van der Waals surface area contributed by atoms with E-state index in [9.17, 15) is 14.4 Å². The van der Waals surface area contributed by atoms with Crippen molar-refractivity contribution in [3.05, 3.63) is 64.7 Å². The second kappa shape index (κ2) is 10.9. The third-order valence-electron chi connectivity index (χ3n) is 6.38. The fraction of sp³-hybridized carbons (Fsp3) is 0.333. The summed E-state index contributed by atoms with van der Waals surface area (Å²) in [4.78, 5) is 42.3. The highest BCUT2D eigenvalue weighted by atomic mass is 32.1. The van der Waals surface area contributed by atoms with Gasteiger partial charge in [-0.1, -0.05) is 18.2 Å². The number of nitrogens with zero attached hydrogens (tertiary/aromatic N) is 3. The molecule has 9 heteroatoms. The third kappa shape index (κ3) is 5.26. The predicted octanol–water partition coefficient (Wildman–Crippen LogP) is 3.50. The molecule has 2 aliphatic rings. The molecule has 0 radical (unpaired) electrons. The van der Waals surface area contributed by atoms with Gasteiger partial charge in [0.15, 0.2) is 16.6 Å². The average molecular weight is 508 g/mol. The minimum absolute atomic E-state index is 0.0171. The summed E-state index contributed by atoms with van der Waals surface area (Å²) in [6.45, 7) is 1.93. The number of carbonyl (C=O) groups excluding carboxylic acids is 3. The second-order valence-electron chi connectivity index (χ2n) is 8.82. The van der Waals surface area contributed by atoms with Gasteiger partial charge in [0.05, 0.1) is 7.11 Å². The number of likely N-dealkylation sites (tertiary alicyclic amines) is 1. The maximum atomic E-state index is 12.7. The first-order chi connectivity index (χ1) is 17.3. The zero-order chi connectivity index (χ0) is 25.8. The number of benzene rings is 2. The first kappa shape index (κ1) is 25.4. The highest BCUT2D eigenvalue weighted by molar-refractivity contribution is 7.80. The number of methoxy groups -OCH3 is 1. The third-order valence-corrected chi connectivity index (χ3v) is 6.93. The van der Waals surface area contributed by atoms with Crippen molar-refractivity contribution in [1.82, 2.24) is 14.7 Å². The van der Waals surface area contributed by atoms with Crippen LogP contribution in [-0.4, -0.2) is 71.8 Å². The van der Waals surface area contributed by atoms with Crippen LogP contribution in [0.15, 0.2) is 48.0 Å². The predicted molar refractivity (Wildman–Crippen MR) is 140 cm³/mol. The lowest BCUT2D eigenvalue weighted by Gasteiger charge is -2.31. The van der Waals surface area contributed by atoms with Crippen molar-refractivity contribution in [3.8, 4) is 11.5 Å². The Balaban J connectivity index is 1.44. The van der Waals surface area contributed by atoms with Crippen molar-refractivity contribution in [2.45, 2.75) is 25.9 Å².